The molecule has 0 aromatic heterocycles. The molecule has 0 bridgehead atoms. The molecule has 4 atom stereocenters. The van der Waals surface area contributed by atoms with Crippen molar-refractivity contribution < 1.29 is 0 Å². The minimum atomic E-state index is 0.487. The molecule has 0 unspecified atom stereocenters. The third-order valence-electron chi connectivity index (χ3n) is 7.95. The second-order valence-corrected chi connectivity index (χ2v) is 9.43. The van der Waals surface area contributed by atoms with Crippen LogP contribution in [0.25, 0.3) is 0 Å². The molecule has 0 aromatic rings. The molecule has 4 aliphatic carbocycles. The topological polar surface area (TPSA) is 0 Å². The fourth-order valence-electron chi connectivity index (χ4n) is 7.76. The van der Waals surface area contributed by atoms with Crippen molar-refractivity contribution in [2.24, 2.45) is 27.6 Å². The summed E-state index contributed by atoms with van der Waals surface area (Å²) in [7, 11) is 0. The van der Waals surface area contributed by atoms with Gasteiger partial charge >= 0.3 is 0 Å². The minimum absolute atomic E-state index is 0.487. The summed E-state index contributed by atoms with van der Waals surface area (Å²) in [5.41, 5.74) is 5.45. The lowest BCUT2D eigenvalue weighted by Crippen LogP contribution is -2.46. The molecule has 2 saturated carbocycles. The highest BCUT2D eigenvalue weighted by Gasteiger charge is 2.75. The van der Waals surface area contributed by atoms with Crippen LogP contribution in [0.4, 0.5) is 0 Å². The molecule has 20 heavy (non-hydrogen) atoms. The van der Waals surface area contributed by atoms with Gasteiger partial charge in [-0.15, -0.1) is 0 Å². The van der Waals surface area contributed by atoms with Gasteiger partial charge in [0.1, 0.15) is 0 Å². The molecule has 1 spiro atoms. The van der Waals surface area contributed by atoms with Crippen molar-refractivity contribution in [1.82, 2.24) is 0 Å². The van der Waals surface area contributed by atoms with Crippen molar-refractivity contribution >= 4 is 0 Å². The highest BCUT2D eigenvalue weighted by molar-refractivity contribution is 5.49. The highest BCUT2D eigenvalue weighted by atomic mass is 14.8. The maximum Gasteiger partial charge on any atom is 0.00963 e. The molecule has 4 aliphatic rings. The Balaban J connectivity index is 2.03. The molecule has 4 rings (SSSR count). The zero-order valence-electron chi connectivity index (χ0n) is 14.0. The van der Waals surface area contributed by atoms with Crippen molar-refractivity contribution in [2.75, 3.05) is 0 Å². The summed E-state index contributed by atoms with van der Waals surface area (Å²) in [5, 5.41) is 0. The normalized spacial score (nSPS) is 52.1. The van der Waals surface area contributed by atoms with Crippen LogP contribution < -0.4 is 0 Å². The maximum atomic E-state index is 2.64. The van der Waals surface area contributed by atoms with Gasteiger partial charge in [0.2, 0.25) is 0 Å². The van der Waals surface area contributed by atoms with E-state index in [1.54, 1.807) is 11.1 Å². The second kappa shape index (κ2) is 3.45. The summed E-state index contributed by atoms with van der Waals surface area (Å²) < 4.78 is 0. The molecule has 0 heterocycles. The summed E-state index contributed by atoms with van der Waals surface area (Å²) >= 11 is 0. The van der Waals surface area contributed by atoms with Crippen LogP contribution in [-0.2, 0) is 0 Å². The van der Waals surface area contributed by atoms with Gasteiger partial charge in [-0.3, -0.25) is 0 Å². The zero-order valence-corrected chi connectivity index (χ0v) is 14.0. The Kier molecular flexibility index (Phi) is 2.27. The van der Waals surface area contributed by atoms with Crippen LogP contribution in [0.2, 0.25) is 0 Å². The van der Waals surface area contributed by atoms with Gasteiger partial charge in [0.05, 0.1) is 0 Å². The van der Waals surface area contributed by atoms with Crippen molar-refractivity contribution in [3.63, 3.8) is 0 Å². The van der Waals surface area contributed by atoms with Crippen LogP contribution in [-0.4, -0.2) is 0 Å². The third kappa shape index (κ3) is 1.14. The zero-order chi connectivity index (χ0) is 14.4. The molecular formula is C20H30. The number of hydrogen-bond donors (Lipinski definition) is 0. The minimum Gasteiger partial charge on any atom is -0.0813 e. The van der Waals surface area contributed by atoms with Gasteiger partial charge in [-0.2, -0.15) is 0 Å². The Morgan fingerprint density at radius 3 is 2.50 bits per heavy atom. The number of allylic oxidation sites excluding steroid dienone is 4. The average Bonchev–Trinajstić information content (AvgIpc) is 2.82. The van der Waals surface area contributed by atoms with Crippen LogP contribution in [0.3, 0.4) is 0 Å². The highest BCUT2D eigenvalue weighted by Crippen LogP contribution is 2.83. The molecule has 0 radical (unpaired) electrons. The molecule has 0 amide bonds. The Hall–Kier alpha value is -0.520. The van der Waals surface area contributed by atoms with Crippen LogP contribution in [0.15, 0.2) is 23.3 Å². The maximum absolute atomic E-state index is 2.64. The van der Waals surface area contributed by atoms with Crippen LogP contribution in [0.1, 0.15) is 73.1 Å². The first-order valence-electron chi connectivity index (χ1n) is 8.65. The molecular weight excluding hydrogens is 240 g/mol. The van der Waals surface area contributed by atoms with E-state index in [1.165, 1.54) is 38.5 Å². The van der Waals surface area contributed by atoms with Gasteiger partial charge < -0.3 is 0 Å². The van der Waals surface area contributed by atoms with Crippen LogP contribution in [0.5, 0.6) is 0 Å². The third-order valence-corrected chi connectivity index (χ3v) is 7.95. The summed E-state index contributed by atoms with van der Waals surface area (Å²) in [4.78, 5) is 0. The predicted molar refractivity (Wildman–Crippen MR) is 85.5 cm³/mol. The molecule has 0 nitrogen and oxygen atoms in total. The number of hydrogen-bond acceptors (Lipinski definition) is 0. The lowest BCUT2D eigenvalue weighted by molar-refractivity contribution is 0.00418. The van der Waals surface area contributed by atoms with Crippen LogP contribution >= 0.6 is 0 Å². The standard InChI is InChI=1S/C20H30/c1-14-7-6-10-18(4)12-9-16-17(2,3)13-19(5)11-8-15(14)20(16,18)19/h7-8,16H,6,9-13H2,1-5H3/t16-,18+,19-,20+/m1/s1. The lowest BCUT2D eigenvalue weighted by atomic mass is 9.51. The fraction of sp³-hybridized carbons (Fsp3) is 0.800. The van der Waals surface area contributed by atoms with Gasteiger partial charge in [-0.05, 0) is 73.2 Å². The molecule has 0 aliphatic heterocycles. The monoisotopic (exact) mass is 270 g/mol. The average molecular weight is 270 g/mol. The van der Waals surface area contributed by atoms with E-state index in [1.807, 2.05) is 0 Å². The largest absolute Gasteiger partial charge is 0.0813 e. The second-order valence-electron chi connectivity index (χ2n) is 9.43. The Morgan fingerprint density at radius 2 is 1.75 bits per heavy atom. The summed E-state index contributed by atoms with van der Waals surface area (Å²) in [6.07, 6.45) is 13.5. The summed E-state index contributed by atoms with van der Waals surface area (Å²) in [6, 6.07) is 0. The molecule has 2 fully saturated rings. The van der Waals surface area contributed by atoms with E-state index in [-0.39, 0.29) is 0 Å². The smallest absolute Gasteiger partial charge is 0.00963 e. The first-order valence-corrected chi connectivity index (χ1v) is 8.65. The van der Waals surface area contributed by atoms with Crippen LogP contribution in [0, 0.1) is 27.6 Å². The molecule has 0 saturated heterocycles. The lowest BCUT2D eigenvalue weighted by Gasteiger charge is -2.52. The molecule has 0 aromatic carbocycles. The quantitative estimate of drug-likeness (QED) is 0.514. The summed E-state index contributed by atoms with van der Waals surface area (Å²) in [6.45, 7) is 12.8. The van der Waals surface area contributed by atoms with E-state index in [4.69, 9.17) is 0 Å². The van der Waals surface area contributed by atoms with E-state index in [9.17, 15) is 0 Å². The molecule has 110 valence electrons. The first kappa shape index (κ1) is 13.2. The van der Waals surface area contributed by atoms with Crippen molar-refractivity contribution in [1.29, 1.82) is 0 Å². The van der Waals surface area contributed by atoms with E-state index < -0.39 is 0 Å². The van der Waals surface area contributed by atoms with Gasteiger partial charge in [0.25, 0.3) is 0 Å². The van der Waals surface area contributed by atoms with E-state index >= 15 is 0 Å². The van der Waals surface area contributed by atoms with Gasteiger partial charge in [0, 0.05) is 5.41 Å². The van der Waals surface area contributed by atoms with E-state index in [2.05, 4.69) is 46.8 Å². The van der Waals surface area contributed by atoms with Gasteiger partial charge in [-0.1, -0.05) is 45.4 Å². The van der Waals surface area contributed by atoms with Crippen molar-refractivity contribution in [3.05, 3.63) is 23.3 Å². The van der Waals surface area contributed by atoms with Gasteiger partial charge in [0.15, 0.2) is 0 Å². The molecule has 0 heteroatoms. The van der Waals surface area contributed by atoms with Crippen molar-refractivity contribution in [3.8, 4) is 0 Å². The van der Waals surface area contributed by atoms with Crippen molar-refractivity contribution in [2.45, 2.75) is 73.1 Å². The Morgan fingerprint density at radius 1 is 1.00 bits per heavy atom. The Bertz CT molecular complexity index is 534. The van der Waals surface area contributed by atoms with Gasteiger partial charge in [-0.25, -0.2) is 0 Å². The van der Waals surface area contributed by atoms with E-state index in [0.717, 1.165) is 5.92 Å². The predicted octanol–water partition coefficient (Wildman–Crippen LogP) is 5.90. The molecule has 0 N–H and O–H groups in total. The van der Waals surface area contributed by atoms with E-state index in [0.29, 0.717) is 21.7 Å². The number of rotatable bonds is 0. The fourth-order valence-corrected chi connectivity index (χ4v) is 7.76. The SMILES string of the molecule is CC1=CCC[C@@]2(C)CC[C@@H]3C(C)(C)C[C@@]4(C)CC=C1[C@]324. The summed E-state index contributed by atoms with van der Waals surface area (Å²) in [5.74, 6) is 0.903. The first-order chi connectivity index (χ1) is 9.27. The Labute approximate surface area is 124 Å².